The van der Waals surface area contributed by atoms with Crippen LogP contribution < -0.4 is 15.4 Å². The van der Waals surface area contributed by atoms with Crippen LogP contribution in [0.5, 0.6) is 5.75 Å². The standard InChI is InChI=1S/C21H28N2O/c1-16(18-6-4-3-5-7-18)23-15-17-8-9-21(24-2)20(14-17)19-10-12-22-13-11-19/h3-9,14,16,19,22-23H,10-13,15H2,1-2H3/t16-/m1/s1. The zero-order chi connectivity index (χ0) is 16.8. The minimum absolute atomic E-state index is 0.343. The van der Waals surface area contributed by atoms with Crippen LogP contribution in [0.25, 0.3) is 0 Å². The van der Waals surface area contributed by atoms with Crippen LogP contribution >= 0.6 is 0 Å². The number of benzene rings is 2. The highest BCUT2D eigenvalue weighted by molar-refractivity contribution is 5.40. The van der Waals surface area contributed by atoms with Gasteiger partial charge in [-0.25, -0.2) is 0 Å². The summed E-state index contributed by atoms with van der Waals surface area (Å²) in [5, 5.41) is 7.07. The maximum absolute atomic E-state index is 5.61. The van der Waals surface area contributed by atoms with E-state index in [1.54, 1.807) is 7.11 Å². The predicted molar refractivity (Wildman–Crippen MR) is 99.5 cm³/mol. The van der Waals surface area contributed by atoms with Crippen LogP contribution in [0.4, 0.5) is 0 Å². The second kappa shape index (κ2) is 8.32. The summed E-state index contributed by atoms with van der Waals surface area (Å²) in [5.41, 5.74) is 4.02. The molecule has 0 spiro atoms. The molecule has 1 saturated heterocycles. The molecule has 0 radical (unpaired) electrons. The van der Waals surface area contributed by atoms with E-state index in [0.29, 0.717) is 12.0 Å². The summed E-state index contributed by atoms with van der Waals surface area (Å²) in [6.07, 6.45) is 2.38. The number of hydrogen-bond acceptors (Lipinski definition) is 3. The fraction of sp³-hybridized carbons (Fsp3) is 0.429. The lowest BCUT2D eigenvalue weighted by Gasteiger charge is -2.25. The molecule has 3 heteroatoms. The average molecular weight is 324 g/mol. The molecule has 0 saturated carbocycles. The van der Waals surface area contributed by atoms with Gasteiger partial charge in [0.15, 0.2) is 0 Å². The lowest BCUT2D eigenvalue weighted by Crippen LogP contribution is -2.27. The summed E-state index contributed by atoms with van der Waals surface area (Å²) in [6, 6.07) is 17.6. The van der Waals surface area contributed by atoms with Gasteiger partial charge in [-0.1, -0.05) is 42.5 Å². The van der Waals surface area contributed by atoms with Gasteiger partial charge in [0.05, 0.1) is 7.11 Å². The van der Waals surface area contributed by atoms with Crippen LogP contribution in [-0.2, 0) is 6.54 Å². The Kier molecular flexibility index (Phi) is 5.89. The van der Waals surface area contributed by atoms with Crippen LogP contribution in [0.3, 0.4) is 0 Å². The van der Waals surface area contributed by atoms with Crippen molar-refractivity contribution in [3.05, 3.63) is 65.2 Å². The molecule has 0 amide bonds. The van der Waals surface area contributed by atoms with Gasteiger partial charge >= 0.3 is 0 Å². The van der Waals surface area contributed by atoms with Gasteiger partial charge in [-0.15, -0.1) is 0 Å². The lowest BCUT2D eigenvalue weighted by atomic mass is 9.88. The third-order valence-corrected chi connectivity index (χ3v) is 4.99. The van der Waals surface area contributed by atoms with Crippen molar-refractivity contribution in [2.75, 3.05) is 20.2 Å². The summed E-state index contributed by atoms with van der Waals surface area (Å²) >= 11 is 0. The third kappa shape index (κ3) is 4.16. The zero-order valence-corrected chi connectivity index (χ0v) is 14.7. The molecule has 128 valence electrons. The van der Waals surface area contributed by atoms with E-state index in [1.807, 2.05) is 0 Å². The third-order valence-electron chi connectivity index (χ3n) is 4.99. The quantitative estimate of drug-likeness (QED) is 0.842. The Labute approximate surface area is 145 Å². The molecule has 1 aliphatic heterocycles. The van der Waals surface area contributed by atoms with E-state index in [2.05, 4.69) is 66.1 Å². The fourth-order valence-electron chi connectivity index (χ4n) is 3.48. The molecule has 0 unspecified atom stereocenters. The Balaban J connectivity index is 1.69. The predicted octanol–water partition coefficient (Wildman–Crippen LogP) is 4.01. The molecule has 2 N–H and O–H groups in total. The molecular formula is C21H28N2O. The van der Waals surface area contributed by atoms with Crippen molar-refractivity contribution in [3.8, 4) is 5.75 Å². The molecule has 2 aromatic rings. The minimum Gasteiger partial charge on any atom is -0.496 e. The molecule has 3 rings (SSSR count). The van der Waals surface area contributed by atoms with Gasteiger partial charge in [0.25, 0.3) is 0 Å². The second-order valence-corrected chi connectivity index (χ2v) is 6.61. The van der Waals surface area contributed by atoms with Gasteiger partial charge in [-0.05, 0) is 61.5 Å². The van der Waals surface area contributed by atoms with Crippen LogP contribution in [0.1, 0.15) is 48.4 Å². The van der Waals surface area contributed by atoms with Crippen LogP contribution in [0.15, 0.2) is 48.5 Å². The zero-order valence-electron chi connectivity index (χ0n) is 14.7. The van der Waals surface area contributed by atoms with Gasteiger partial charge in [-0.2, -0.15) is 0 Å². The molecule has 1 fully saturated rings. The normalized spacial score (nSPS) is 16.8. The Morgan fingerprint density at radius 3 is 2.58 bits per heavy atom. The van der Waals surface area contributed by atoms with E-state index in [9.17, 15) is 0 Å². The first-order valence-electron chi connectivity index (χ1n) is 8.94. The Hall–Kier alpha value is -1.84. The molecular weight excluding hydrogens is 296 g/mol. The highest BCUT2D eigenvalue weighted by Gasteiger charge is 2.19. The first-order chi connectivity index (χ1) is 11.8. The van der Waals surface area contributed by atoms with Crippen molar-refractivity contribution in [1.29, 1.82) is 0 Å². The number of ether oxygens (including phenoxy) is 1. The number of rotatable bonds is 6. The van der Waals surface area contributed by atoms with Gasteiger partial charge in [0.2, 0.25) is 0 Å². The first-order valence-corrected chi connectivity index (χ1v) is 8.94. The molecule has 0 aromatic heterocycles. The Morgan fingerprint density at radius 2 is 1.88 bits per heavy atom. The molecule has 2 aromatic carbocycles. The van der Waals surface area contributed by atoms with Crippen molar-refractivity contribution in [2.24, 2.45) is 0 Å². The second-order valence-electron chi connectivity index (χ2n) is 6.61. The average Bonchev–Trinajstić information content (AvgIpc) is 2.67. The van der Waals surface area contributed by atoms with Crippen LogP contribution in [0.2, 0.25) is 0 Å². The van der Waals surface area contributed by atoms with E-state index in [-0.39, 0.29) is 0 Å². The van der Waals surface area contributed by atoms with Crippen molar-refractivity contribution in [2.45, 2.75) is 38.3 Å². The van der Waals surface area contributed by atoms with Gasteiger partial charge in [-0.3, -0.25) is 0 Å². The summed E-state index contributed by atoms with van der Waals surface area (Å²) < 4.78 is 5.61. The number of piperidine rings is 1. The largest absolute Gasteiger partial charge is 0.496 e. The molecule has 3 nitrogen and oxygen atoms in total. The summed E-state index contributed by atoms with van der Waals surface area (Å²) in [7, 11) is 1.77. The van der Waals surface area contributed by atoms with Crippen molar-refractivity contribution >= 4 is 0 Å². The van der Waals surface area contributed by atoms with Gasteiger partial charge in [0.1, 0.15) is 5.75 Å². The molecule has 1 atom stereocenters. The number of nitrogens with one attached hydrogen (secondary N) is 2. The van der Waals surface area contributed by atoms with Gasteiger partial charge < -0.3 is 15.4 Å². The van der Waals surface area contributed by atoms with E-state index in [0.717, 1.165) is 25.4 Å². The molecule has 0 bridgehead atoms. The number of methoxy groups -OCH3 is 1. The smallest absolute Gasteiger partial charge is 0.122 e. The highest BCUT2D eigenvalue weighted by Crippen LogP contribution is 2.33. The minimum atomic E-state index is 0.343. The lowest BCUT2D eigenvalue weighted by molar-refractivity contribution is 0.391. The van der Waals surface area contributed by atoms with Crippen LogP contribution in [0, 0.1) is 0 Å². The topological polar surface area (TPSA) is 33.3 Å². The van der Waals surface area contributed by atoms with Gasteiger partial charge in [0, 0.05) is 12.6 Å². The maximum atomic E-state index is 5.61. The Bertz CT molecular complexity index is 636. The van der Waals surface area contributed by atoms with E-state index in [4.69, 9.17) is 4.74 Å². The molecule has 24 heavy (non-hydrogen) atoms. The van der Waals surface area contributed by atoms with Crippen molar-refractivity contribution < 1.29 is 4.74 Å². The van der Waals surface area contributed by atoms with Crippen molar-refractivity contribution in [1.82, 2.24) is 10.6 Å². The van der Waals surface area contributed by atoms with Crippen molar-refractivity contribution in [3.63, 3.8) is 0 Å². The van der Waals surface area contributed by atoms with E-state index < -0.39 is 0 Å². The molecule has 1 heterocycles. The fourth-order valence-corrected chi connectivity index (χ4v) is 3.48. The molecule has 1 aliphatic rings. The first kappa shape index (κ1) is 17.0. The highest BCUT2D eigenvalue weighted by atomic mass is 16.5. The SMILES string of the molecule is COc1ccc(CN[C@H](C)c2ccccc2)cc1C1CCNCC1. The van der Waals surface area contributed by atoms with E-state index in [1.165, 1.54) is 29.5 Å². The number of hydrogen-bond donors (Lipinski definition) is 2. The maximum Gasteiger partial charge on any atom is 0.122 e. The monoisotopic (exact) mass is 324 g/mol. The van der Waals surface area contributed by atoms with E-state index >= 15 is 0 Å². The molecule has 0 aliphatic carbocycles. The summed E-state index contributed by atoms with van der Waals surface area (Å²) in [4.78, 5) is 0. The summed E-state index contributed by atoms with van der Waals surface area (Å²) in [5.74, 6) is 1.63. The Morgan fingerprint density at radius 1 is 1.12 bits per heavy atom. The summed E-state index contributed by atoms with van der Waals surface area (Å²) in [6.45, 7) is 5.28. The van der Waals surface area contributed by atoms with Crippen LogP contribution in [-0.4, -0.2) is 20.2 Å².